The quantitative estimate of drug-likeness (QED) is 0.702. The summed E-state index contributed by atoms with van der Waals surface area (Å²) in [5.74, 6) is 0.898. The predicted molar refractivity (Wildman–Crippen MR) is 118 cm³/mol. The third-order valence-corrected chi connectivity index (χ3v) is 5.37. The number of β-amino-alcohol motifs (C(OH)–C–C–N with tert-alkyl or cyclic N) is 1. The van der Waals surface area contributed by atoms with Crippen LogP contribution in [0, 0.1) is 6.92 Å². The Labute approximate surface area is 184 Å². The number of benzene rings is 1. The van der Waals surface area contributed by atoms with Crippen LogP contribution in [-0.2, 0) is 31.4 Å². The van der Waals surface area contributed by atoms with Gasteiger partial charge in [-0.2, -0.15) is 5.10 Å². The standard InChI is InChI=1S/C23H34N4O4/c1-16-20-9-11-27(14-19(28)12-24-22(29)31-23(2,3)4)13-17(20)6-7-21(16)30-15-18-8-10-25-26(18)5/h6-8,10,19,28H,9,11-15H2,1-5H3,(H,24,29)/t19-/m0/s1. The third-order valence-electron chi connectivity index (χ3n) is 5.37. The Morgan fingerprint density at radius 1 is 1.32 bits per heavy atom. The number of nitrogens with one attached hydrogen (secondary N) is 1. The topological polar surface area (TPSA) is 88.9 Å². The summed E-state index contributed by atoms with van der Waals surface area (Å²) in [6, 6.07) is 6.08. The number of fused-ring (bicyclic) bond motifs is 1. The van der Waals surface area contributed by atoms with Gasteiger partial charge in [-0.05, 0) is 62.9 Å². The van der Waals surface area contributed by atoms with Crippen molar-refractivity contribution in [1.82, 2.24) is 20.0 Å². The highest BCUT2D eigenvalue weighted by atomic mass is 16.6. The second-order valence-corrected chi connectivity index (χ2v) is 9.08. The molecule has 2 N–H and O–H groups in total. The molecule has 0 saturated carbocycles. The molecule has 0 aliphatic carbocycles. The molecule has 1 aromatic carbocycles. The van der Waals surface area contributed by atoms with Crippen molar-refractivity contribution in [2.24, 2.45) is 7.05 Å². The Balaban J connectivity index is 1.52. The minimum atomic E-state index is -0.656. The van der Waals surface area contributed by atoms with Gasteiger partial charge in [-0.3, -0.25) is 9.58 Å². The van der Waals surface area contributed by atoms with Gasteiger partial charge in [0, 0.05) is 39.4 Å². The van der Waals surface area contributed by atoms with Crippen LogP contribution in [-0.4, -0.2) is 57.2 Å². The van der Waals surface area contributed by atoms with Crippen molar-refractivity contribution in [3.05, 3.63) is 46.8 Å². The Bertz CT molecular complexity index is 903. The van der Waals surface area contributed by atoms with E-state index in [0.29, 0.717) is 13.2 Å². The molecule has 2 aromatic rings. The number of rotatable bonds is 7. The fourth-order valence-electron chi connectivity index (χ4n) is 3.76. The lowest BCUT2D eigenvalue weighted by molar-refractivity contribution is 0.0464. The minimum absolute atomic E-state index is 0.165. The number of ether oxygens (including phenoxy) is 2. The van der Waals surface area contributed by atoms with Gasteiger partial charge < -0.3 is 19.9 Å². The van der Waals surface area contributed by atoms with Gasteiger partial charge in [0.25, 0.3) is 0 Å². The second-order valence-electron chi connectivity index (χ2n) is 9.08. The fourth-order valence-corrected chi connectivity index (χ4v) is 3.76. The van der Waals surface area contributed by atoms with E-state index in [0.717, 1.165) is 31.0 Å². The van der Waals surface area contributed by atoms with E-state index in [-0.39, 0.29) is 6.54 Å². The van der Waals surface area contributed by atoms with Gasteiger partial charge in [-0.25, -0.2) is 4.79 Å². The number of alkyl carbamates (subject to hydrolysis) is 1. The summed E-state index contributed by atoms with van der Waals surface area (Å²) in [4.78, 5) is 14.0. The molecule has 0 saturated heterocycles. The first-order valence-corrected chi connectivity index (χ1v) is 10.7. The Kier molecular flexibility index (Phi) is 7.23. The Morgan fingerprint density at radius 2 is 2.10 bits per heavy atom. The second kappa shape index (κ2) is 9.70. The van der Waals surface area contributed by atoms with E-state index in [4.69, 9.17) is 9.47 Å². The zero-order valence-electron chi connectivity index (χ0n) is 19.1. The highest BCUT2D eigenvalue weighted by Gasteiger charge is 2.22. The molecule has 8 heteroatoms. The first kappa shape index (κ1) is 23.1. The molecule has 0 fully saturated rings. The first-order valence-electron chi connectivity index (χ1n) is 10.7. The number of nitrogens with zero attached hydrogens (tertiary/aromatic N) is 3. The maximum Gasteiger partial charge on any atom is 0.407 e. The molecule has 0 unspecified atom stereocenters. The van der Waals surface area contributed by atoms with Crippen molar-refractivity contribution in [2.75, 3.05) is 19.6 Å². The summed E-state index contributed by atoms with van der Waals surface area (Å²) >= 11 is 0. The van der Waals surface area contributed by atoms with Crippen molar-refractivity contribution >= 4 is 6.09 Å². The number of hydrogen-bond acceptors (Lipinski definition) is 6. The number of carbonyl (C=O) groups excluding carboxylic acids is 1. The molecule has 0 radical (unpaired) electrons. The lowest BCUT2D eigenvalue weighted by atomic mass is 9.94. The molecule has 1 amide bonds. The zero-order valence-corrected chi connectivity index (χ0v) is 19.1. The van der Waals surface area contributed by atoms with Gasteiger partial charge in [-0.1, -0.05) is 6.07 Å². The summed E-state index contributed by atoms with van der Waals surface area (Å²) in [7, 11) is 1.91. The molecule has 1 aliphatic rings. The number of carbonyl (C=O) groups is 1. The van der Waals surface area contributed by atoms with Gasteiger partial charge >= 0.3 is 6.09 Å². The van der Waals surface area contributed by atoms with E-state index in [2.05, 4.69) is 28.3 Å². The summed E-state index contributed by atoms with van der Waals surface area (Å²) in [5, 5.41) is 17.1. The minimum Gasteiger partial charge on any atom is -0.487 e. The van der Waals surface area contributed by atoms with Crippen LogP contribution in [0.25, 0.3) is 0 Å². The van der Waals surface area contributed by atoms with E-state index in [1.165, 1.54) is 16.7 Å². The maximum absolute atomic E-state index is 11.8. The molecule has 1 aliphatic heterocycles. The third kappa shape index (κ3) is 6.45. The summed E-state index contributed by atoms with van der Waals surface area (Å²) in [6.07, 6.45) is 1.50. The lowest BCUT2D eigenvalue weighted by Gasteiger charge is -2.31. The van der Waals surface area contributed by atoms with Crippen LogP contribution in [0.5, 0.6) is 5.75 Å². The molecular formula is C23H34N4O4. The van der Waals surface area contributed by atoms with Crippen LogP contribution in [0.1, 0.15) is 43.2 Å². The molecular weight excluding hydrogens is 396 g/mol. The van der Waals surface area contributed by atoms with Gasteiger partial charge in [0.15, 0.2) is 0 Å². The van der Waals surface area contributed by atoms with Gasteiger partial charge in [0.1, 0.15) is 18.0 Å². The molecule has 1 aromatic heterocycles. The number of aryl methyl sites for hydroxylation is 1. The summed E-state index contributed by atoms with van der Waals surface area (Å²) in [5.41, 5.74) is 4.22. The molecule has 170 valence electrons. The van der Waals surface area contributed by atoms with Crippen molar-refractivity contribution in [3.8, 4) is 5.75 Å². The van der Waals surface area contributed by atoms with Crippen molar-refractivity contribution in [2.45, 2.75) is 59.0 Å². The summed E-state index contributed by atoms with van der Waals surface area (Å²) < 4.78 is 13.1. The Morgan fingerprint density at radius 3 is 2.77 bits per heavy atom. The van der Waals surface area contributed by atoms with E-state index in [1.54, 1.807) is 6.20 Å². The average Bonchev–Trinajstić information content (AvgIpc) is 3.09. The monoisotopic (exact) mass is 430 g/mol. The number of hydrogen-bond donors (Lipinski definition) is 2. The fraction of sp³-hybridized carbons (Fsp3) is 0.565. The van der Waals surface area contributed by atoms with E-state index in [9.17, 15) is 9.90 Å². The van der Waals surface area contributed by atoms with Crippen LogP contribution < -0.4 is 10.1 Å². The molecule has 0 bridgehead atoms. The van der Waals surface area contributed by atoms with Crippen LogP contribution in [0.2, 0.25) is 0 Å². The van der Waals surface area contributed by atoms with Gasteiger partial charge in [0.05, 0.1) is 11.8 Å². The summed E-state index contributed by atoms with van der Waals surface area (Å²) in [6.45, 7) is 10.3. The lowest BCUT2D eigenvalue weighted by Crippen LogP contribution is -2.43. The highest BCUT2D eigenvalue weighted by Crippen LogP contribution is 2.29. The van der Waals surface area contributed by atoms with Crippen LogP contribution in [0.15, 0.2) is 24.4 Å². The first-order chi connectivity index (χ1) is 14.6. The van der Waals surface area contributed by atoms with Gasteiger partial charge in [0.2, 0.25) is 0 Å². The van der Waals surface area contributed by atoms with Crippen LogP contribution >= 0.6 is 0 Å². The normalized spacial score (nSPS) is 15.3. The van der Waals surface area contributed by atoms with E-state index in [1.807, 2.05) is 44.6 Å². The average molecular weight is 431 g/mol. The van der Waals surface area contributed by atoms with Crippen molar-refractivity contribution < 1.29 is 19.4 Å². The van der Waals surface area contributed by atoms with Crippen LogP contribution in [0.3, 0.4) is 0 Å². The van der Waals surface area contributed by atoms with Crippen LogP contribution in [0.4, 0.5) is 4.79 Å². The largest absolute Gasteiger partial charge is 0.487 e. The van der Waals surface area contributed by atoms with Crippen molar-refractivity contribution in [1.29, 1.82) is 0 Å². The van der Waals surface area contributed by atoms with Crippen molar-refractivity contribution in [3.63, 3.8) is 0 Å². The predicted octanol–water partition coefficient (Wildman–Crippen LogP) is 2.55. The maximum atomic E-state index is 11.8. The number of aromatic nitrogens is 2. The molecule has 1 atom stereocenters. The van der Waals surface area contributed by atoms with Gasteiger partial charge in [-0.15, -0.1) is 0 Å². The molecule has 8 nitrogen and oxygen atoms in total. The highest BCUT2D eigenvalue weighted by molar-refractivity contribution is 5.67. The molecule has 0 spiro atoms. The zero-order chi connectivity index (χ0) is 22.6. The smallest absolute Gasteiger partial charge is 0.407 e. The molecule has 2 heterocycles. The number of aliphatic hydroxyl groups is 1. The number of aliphatic hydroxyl groups excluding tert-OH is 1. The number of amides is 1. The van der Waals surface area contributed by atoms with E-state index < -0.39 is 17.8 Å². The molecule has 31 heavy (non-hydrogen) atoms. The molecule has 3 rings (SSSR count). The Hall–Kier alpha value is -2.58. The van der Waals surface area contributed by atoms with E-state index >= 15 is 0 Å². The SMILES string of the molecule is Cc1c(OCc2ccnn2C)ccc2c1CCN(C[C@@H](O)CNC(=O)OC(C)(C)C)C2.